The molecule has 0 radical (unpaired) electrons. The van der Waals surface area contributed by atoms with Crippen molar-refractivity contribution in [1.82, 2.24) is 5.32 Å². The van der Waals surface area contributed by atoms with E-state index in [1.807, 2.05) is 13.8 Å². The molecule has 1 N–H and O–H groups in total. The molecule has 0 saturated carbocycles. The number of hydrogen-bond donors (Lipinski definition) is 1. The quantitative estimate of drug-likeness (QED) is 0.712. The summed E-state index contributed by atoms with van der Waals surface area (Å²) < 4.78 is 5.25. The van der Waals surface area contributed by atoms with Gasteiger partial charge in [-0.15, -0.1) is 0 Å². The number of carbonyl (C=O) groups excluding carboxylic acids is 1. The zero-order valence-corrected chi connectivity index (χ0v) is 8.52. The lowest BCUT2D eigenvalue weighted by atomic mass is 10.1. The molecule has 1 rings (SSSR count). The highest BCUT2D eigenvalue weighted by Crippen LogP contribution is 2.13. The summed E-state index contributed by atoms with van der Waals surface area (Å²) in [6.07, 6.45) is 3.18. The van der Waals surface area contributed by atoms with Crippen molar-refractivity contribution in [1.29, 1.82) is 0 Å². The molecule has 1 aliphatic carbocycles. The van der Waals surface area contributed by atoms with Crippen LogP contribution in [-0.4, -0.2) is 25.0 Å². The van der Waals surface area contributed by atoms with E-state index in [0.29, 0.717) is 6.42 Å². The van der Waals surface area contributed by atoms with Crippen LogP contribution in [0.5, 0.6) is 0 Å². The van der Waals surface area contributed by atoms with Crippen LogP contribution in [0.25, 0.3) is 0 Å². The Bertz CT molecular complexity index is 231. The van der Waals surface area contributed by atoms with Gasteiger partial charge >= 0.3 is 0 Å². The number of allylic oxidation sites excluding steroid dienone is 2. The van der Waals surface area contributed by atoms with Crippen LogP contribution in [0.4, 0.5) is 0 Å². The first-order valence-corrected chi connectivity index (χ1v) is 4.56. The summed E-state index contributed by atoms with van der Waals surface area (Å²) in [5.74, 6) is 0.220. The lowest BCUT2D eigenvalue weighted by Crippen LogP contribution is -2.36. The molecule has 0 bridgehead atoms. The molecule has 0 heterocycles. The third kappa shape index (κ3) is 3.19. The van der Waals surface area contributed by atoms with Crippen LogP contribution in [0, 0.1) is 0 Å². The highest BCUT2D eigenvalue weighted by Gasteiger charge is 2.18. The van der Waals surface area contributed by atoms with Crippen LogP contribution in [0.15, 0.2) is 11.8 Å². The van der Waals surface area contributed by atoms with Gasteiger partial charge in [0.2, 0.25) is 0 Å². The van der Waals surface area contributed by atoms with E-state index in [4.69, 9.17) is 4.74 Å². The zero-order valence-electron chi connectivity index (χ0n) is 8.52. The molecular weight excluding hydrogens is 166 g/mol. The van der Waals surface area contributed by atoms with Gasteiger partial charge in [-0.2, -0.15) is 0 Å². The minimum absolute atomic E-state index is 0.174. The van der Waals surface area contributed by atoms with Crippen molar-refractivity contribution in [2.75, 3.05) is 13.7 Å². The fourth-order valence-corrected chi connectivity index (χ4v) is 1.13. The molecule has 0 fully saturated rings. The van der Waals surface area contributed by atoms with Crippen LogP contribution in [0.1, 0.15) is 26.7 Å². The molecule has 0 aromatic heterocycles. The van der Waals surface area contributed by atoms with Gasteiger partial charge in [0.05, 0.1) is 5.60 Å². The Morgan fingerprint density at radius 3 is 2.69 bits per heavy atom. The van der Waals surface area contributed by atoms with Gasteiger partial charge < -0.3 is 10.1 Å². The summed E-state index contributed by atoms with van der Waals surface area (Å²) in [6.45, 7) is 4.76. The Hall–Kier alpha value is -0.830. The predicted octanol–water partition coefficient (Wildman–Crippen LogP) is 1.25. The van der Waals surface area contributed by atoms with Crippen LogP contribution >= 0.6 is 0 Å². The third-order valence-electron chi connectivity index (χ3n) is 2.27. The second-order valence-corrected chi connectivity index (χ2v) is 3.95. The van der Waals surface area contributed by atoms with E-state index in [9.17, 15) is 4.79 Å². The standard InChI is InChI=1S/C10H17NO2/c1-10(2,13-3)7-11-8-4-5-9(12)6-8/h6,11H,4-5,7H2,1-3H3. The molecule has 13 heavy (non-hydrogen) atoms. The van der Waals surface area contributed by atoms with E-state index in [1.54, 1.807) is 13.2 Å². The topological polar surface area (TPSA) is 38.3 Å². The maximum Gasteiger partial charge on any atom is 0.157 e. The van der Waals surface area contributed by atoms with E-state index < -0.39 is 0 Å². The molecule has 0 amide bonds. The van der Waals surface area contributed by atoms with E-state index in [2.05, 4.69) is 5.32 Å². The van der Waals surface area contributed by atoms with Crippen LogP contribution in [0.2, 0.25) is 0 Å². The maximum atomic E-state index is 10.9. The Morgan fingerprint density at radius 1 is 1.54 bits per heavy atom. The Labute approximate surface area is 79.2 Å². The normalized spacial score (nSPS) is 17.5. The van der Waals surface area contributed by atoms with E-state index in [0.717, 1.165) is 18.7 Å². The van der Waals surface area contributed by atoms with Crippen molar-refractivity contribution >= 4 is 5.78 Å². The van der Waals surface area contributed by atoms with Crippen molar-refractivity contribution in [3.05, 3.63) is 11.8 Å². The number of rotatable bonds is 4. The smallest absolute Gasteiger partial charge is 0.157 e. The van der Waals surface area contributed by atoms with Crippen molar-refractivity contribution in [2.45, 2.75) is 32.3 Å². The van der Waals surface area contributed by atoms with Gasteiger partial charge in [-0.1, -0.05) is 0 Å². The molecule has 0 spiro atoms. The van der Waals surface area contributed by atoms with Crippen LogP contribution in [0.3, 0.4) is 0 Å². The summed E-state index contributed by atoms with van der Waals surface area (Å²) in [7, 11) is 1.69. The SMILES string of the molecule is COC(C)(C)CNC1=CC(=O)CC1. The number of methoxy groups -OCH3 is 1. The summed E-state index contributed by atoms with van der Waals surface area (Å²) >= 11 is 0. The first kappa shape index (κ1) is 10.3. The van der Waals surface area contributed by atoms with Gasteiger partial charge in [0.1, 0.15) is 0 Å². The molecule has 74 valence electrons. The lowest BCUT2D eigenvalue weighted by Gasteiger charge is -2.24. The minimum atomic E-state index is -0.174. The van der Waals surface area contributed by atoms with Gasteiger partial charge in [-0.25, -0.2) is 0 Å². The first-order chi connectivity index (χ1) is 6.03. The molecule has 0 aromatic rings. The van der Waals surface area contributed by atoms with Gasteiger partial charge in [0, 0.05) is 31.8 Å². The van der Waals surface area contributed by atoms with Crippen LogP contribution < -0.4 is 5.32 Å². The van der Waals surface area contributed by atoms with Crippen molar-refractivity contribution in [3.63, 3.8) is 0 Å². The number of carbonyl (C=O) groups is 1. The zero-order chi connectivity index (χ0) is 9.90. The summed E-state index contributed by atoms with van der Waals surface area (Å²) in [4.78, 5) is 10.9. The molecule has 3 heteroatoms. The van der Waals surface area contributed by atoms with Crippen molar-refractivity contribution in [3.8, 4) is 0 Å². The first-order valence-electron chi connectivity index (χ1n) is 4.56. The molecular formula is C10H17NO2. The van der Waals surface area contributed by atoms with Gasteiger partial charge in [-0.05, 0) is 20.3 Å². The Morgan fingerprint density at radius 2 is 2.23 bits per heavy atom. The number of hydrogen-bond acceptors (Lipinski definition) is 3. The Kier molecular flexibility index (Phi) is 3.09. The van der Waals surface area contributed by atoms with Crippen LogP contribution in [-0.2, 0) is 9.53 Å². The van der Waals surface area contributed by atoms with E-state index in [-0.39, 0.29) is 11.4 Å². The molecule has 0 aromatic carbocycles. The number of ether oxygens (including phenoxy) is 1. The number of ketones is 1. The van der Waals surface area contributed by atoms with Crippen molar-refractivity contribution in [2.24, 2.45) is 0 Å². The average Bonchev–Trinajstić information content (AvgIpc) is 2.48. The maximum absolute atomic E-state index is 10.9. The number of nitrogens with one attached hydrogen (secondary N) is 1. The fraction of sp³-hybridized carbons (Fsp3) is 0.700. The van der Waals surface area contributed by atoms with E-state index in [1.165, 1.54) is 0 Å². The highest BCUT2D eigenvalue weighted by atomic mass is 16.5. The van der Waals surface area contributed by atoms with Gasteiger partial charge in [-0.3, -0.25) is 4.79 Å². The monoisotopic (exact) mass is 183 g/mol. The molecule has 0 aliphatic heterocycles. The van der Waals surface area contributed by atoms with E-state index >= 15 is 0 Å². The second-order valence-electron chi connectivity index (χ2n) is 3.95. The summed E-state index contributed by atoms with van der Waals surface area (Å²) in [5, 5.41) is 3.22. The predicted molar refractivity (Wildman–Crippen MR) is 51.4 cm³/mol. The molecule has 0 unspecified atom stereocenters. The Balaban J connectivity index is 2.35. The van der Waals surface area contributed by atoms with Gasteiger partial charge in [0.25, 0.3) is 0 Å². The molecule has 1 aliphatic rings. The van der Waals surface area contributed by atoms with Crippen molar-refractivity contribution < 1.29 is 9.53 Å². The summed E-state index contributed by atoms with van der Waals surface area (Å²) in [6, 6.07) is 0. The summed E-state index contributed by atoms with van der Waals surface area (Å²) in [5.41, 5.74) is 0.863. The average molecular weight is 183 g/mol. The fourth-order valence-electron chi connectivity index (χ4n) is 1.13. The highest BCUT2D eigenvalue weighted by molar-refractivity contribution is 5.92. The molecule has 0 atom stereocenters. The third-order valence-corrected chi connectivity index (χ3v) is 2.27. The minimum Gasteiger partial charge on any atom is -0.385 e. The second kappa shape index (κ2) is 3.92. The lowest BCUT2D eigenvalue weighted by molar-refractivity contribution is -0.114. The molecule has 3 nitrogen and oxygen atoms in total. The molecule has 0 saturated heterocycles. The van der Waals surface area contributed by atoms with Gasteiger partial charge in [0.15, 0.2) is 5.78 Å². The largest absolute Gasteiger partial charge is 0.385 e.